The van der Waals surface area contributed by atoms with E-state index < -0.39 is 39.1 Å². The Morgan fingerprint density at radius 1 is 0.355 bits per heavy atom. The van der Waals surface area contributed by atoms with Gasteiger partial charge in [-0.1, -0.05) is 0 Å². The van der Waals surface area contributed by atoms with Crippen LogP contribution in [0.15, 0.2) is 0 Å². The second-order valence-corrected chi connectivity index (χ2v) is 7.30. The Balaban J connectivity index is -0.0000000171. The fourth-order valence-electron chi connectivity index (χ4n) is 0. The first-order valence-corrected chi connectivity index (χ1v) is 11.4. The van der Waals surface area contributed by atoms with Gasteiger partial charge in [-0.15, -0.1) is 0 Å². The molecule has 0 saturated carbocycles. The molecular formula is H15Ni3O20P5Sr3. The van der Waals surface area contributed by atoms with Crippen LogP contribution in [0.5, 0.6) is 0 Å². The molecule has 0 unspecified atom stereocenters. The zero-order valence-electron chi connectivity index (χ0n) is 11.7. The predicted octanol–water partition coefficient (Wildman–Crippen LogP) is -11.2. The van der Waals surface area contributed by atoms with Crippen LogP contribution in [0.1, 0.15) is 0 Å². The molecule has 31 heteroatoms. The zero-order valence-corrected chi connectivity index (χ0v) is 19.1. The molecule has 0 rings (SSSR count). The Hall–Kier alpha value is 6.47. The minimum absolute atomic E-state index is 0. The quantitative estimate of drug-likeness (QED) is 0.0804. The van der Waals surface area contributed by atoms with Crippen molar-refractivity contribution in [2.24, 2.45) is 0 Å². The van der Waals surface area contributed by atoms with Crippen LogP contribution in [0.2, 0.25) is 0 Å². The third-order valence-corrected chi connectivity index (χ3v) is 0. The predicted molar refractivity (Wildman–Crippen MR) is 83.6 cm³/mol. The van der Waals surface area contributed by atoms with Gasteiger partial charge >= 0.3 is 209 Å². The van der Waals surface area contributed by atoms with E-state index in [1.807, 2.05) is 0 Å². The molecule has 0 saturated heterocycles. The van der Waals surface area contributed by atoms with Gasteiger partial charge in [0.2, 0.25) is 0 Å². The summed E-state index contributed by atoms with van der Waals surface area (Å²) in [7, 11) is -24.7. The first kappa shape index (κ1) is 71.1. The van der Waals surface area contributed by atoms with Crippen LogP contribution in [0.4, 0.5) is 0 Å². The van der Waals surface area contributed by atoms with E-state index in [0.717, 1.165) is 0 Å². The van der Waals surface area contributed by atoms with Crippen molar-refractivity contribution in [3.63, 3.8) is 0 Å². The molecule has 0 aromatic carbocycles. The van der Waals surface area contributed by atoms with Crippen molar-refractivity contribution in [1.82, 2.24) is 0 Å². The molecule has 0 bridgehead atoms. The zero-order chi connectivity index (χ0) is 22.5. The molecule has 0 aromatic heterocycles. The Bertz CT molecular complexity index is 393. The van der Waals surface area contributed by atoms with Gasteiger partial charge in [-0.05, 0) is 0 Å². The Morgan fingerprint density at radius 2 is 0.355 bits per heavy atom. The van der Waals surface area contributed by atoms with Gasteiger partial charge in [0.15, 0.2) is 0 Å². The molecular weight excluding hydrogens is 914 g/mol. The molecule has 9 N–H and O–H groups in total. The standard InChI is InChI=1S/3Ni.5H3O4P.3Sr.6H/c;;;5*1-5(2,3)4;;;;;;;;;/h;;;5*(H3,1,2,3,4);;;;;;;;;/q3*+2;;;;;;;;;;;;;;/p-6. The summed E-state index contributed by atoms with van der Waals surface area (Å²) in [4.78, 5) is 116. The summed E-state index contributed by atoms with van der Waals surface area (Å²) in [6.07, 6.45) is 0. The summed E-state index contributed by atoms with van der Waals surface area (Å²) in [6, 6.07) is 0. The molecule has 0 aliphatic carbocycles. The van der Waals surface area contributed by atoms with Crippen LogP contribution in [-0.2, 0) is 72.3 Å². The van der Waals surface area contributed by atoms with Gasteiger partial charge in [0, 0.05) is 0 Å². The molecule has 196 valence electrons. The molecule has 0 heterocycles. The molecule has 0 radical (unpaired) electrons. The van der Waals surface area contributed by atoms with Crippen molar-refractivity contribution in [2.45, 2.75) is 0 Å². The number of hydrogen-bond acceptors (Lipinski definition) is 11. The van der Waals surface area contributed by atoms with Gasteiger partial charge in [0.25, 0.3) is 0 Å². The summed E-state index contributed by atoms with van der Waals surface area (Å²) in [5.41, 5.74) is 0. The summed E-state index contributed by atoms with van der Waals surface area (Å²) in [6.45, 7) is 0. The van der Waals surface area contributed by atoms with Gasteiger partial charge in [-0.2, -0.15) is 15.6 Å². The minimum atomic E-state index is -5.39. The Labute approximate surface area is 314 Å². The van der Waals surface area contributed by atoms with Crippen LogP contribution in [0, 0.1) is 0 Å². The van der Waals surface area contributed by atoms with Crippen LogP contribution < -0.4 is 29.4 Å². The Morgan fingerprint density at radius 3 is 0.355 bits per heavy atom. The van der Waals surface area contributed by atoms with E-state index in [-0.39, 0.29) is 186 Å². The van der Waals surface area contributed by atoms with E-state index in [9.17, 15) is 0 Å². The normalized spacial score (nSPS) is 9.52. The number of hydrogen-bond donors (Lipinski definition) is 9. The second kappa shape index (κ2) is 34.5. The van der Waals surface area contributed by atoms with Crippen molar-refractivity contribution >= 4 is 176 Å². The SMILES string of the molecule is O=P(O)(O)O.O=P(O)(O)O.O=P(O)(O)O.O=P([O-])([O-])[O-].O=P([O-])([O-])[O-].[Ni+2].[Ni+2].[Ni+2].[SrH2].[SrH2].[SrH2]. The van der Waals surface area contributed by atoms with Gasteiger partial charge in [0.1, 0.15) is 0 Å². The fraction of sp³-hybridized carbons (Fsp3) is 0. The average molecular weight is 929 g/mol. The molecule has 0 aromatic rings. The summed E-state index contributed by atoms with van der Waals surface area (Å²) < 4.78 is 43.7. The van der Waals surface area contributed by atoms with E-state index in [4.69, 9.17) is 96.2 Å². The van der Waals surface area contributed by atoms with Crippen molar-refractivity contribution in [3.8, 4) is 0 Å². The van der Waals surface area contributed by atoms with Gasteiger partial charge in [0.05, 0.1) is 0 Å². The molecule has 31 heavy (non-hydrogen) atoms. The van der Waals surface area contributed by atoms with Crippen LogP contribution in [0.3, 0.4) is 0 Å². The molecule has 0 atom stereocenters. The molecule has 0 amide bonds. The summed E-state index contributed by atoms with van der Waals surface area (Å²) in [5.74, 6) is 0. The molecule has 0 fully saturated rings. The average Bonchev–Trinajstić information content (AvgIpc) is 1.79. The van der Waals surface area contributed by atoms with Crippen LogP contribution in [0.25, 0.3) is 0 Å². The van der Waals surface area contributed by atoms with Crippen molar-refractivity contribution in [3.05, 3.63) is 0 Å². The third kappa shape index (κ3) is 1030. The van der Waals surface area contributed by atoms with Crippen LogP contribution >= 0.6 is 39.1 Å². The summed E-state index contributed by atoms with van der Waals surface area (Å²) >= 11 is 0. The van der Waals surface area contributed by atoms with Crippen molar-refractivity contribution in [2.75, 3.05) is 0 Å². The maximum atomic E-state index is 8.88. The number of rotatable bonds is 0. The molecule has 0 aliphatic heterocycles. The maximum absolute atomic E-state index is 8.88. The van der Waals surface area contributed by atoms with E-state index in [1.165, 1.54) is 0 Å². The van der Waals surface area contributed by atoms with E-state index in [1.54, 1.807) is 0 Å². The second-order valence-electron chi connectivity index (χ2n) is 2.43. The number of phosphoric acid groups is 5. The van der Waals surface area contributed by atoms with Gasteiger partial charge in [-0.25, -0.2) is 13.7 Å². The fourth-order valence-corrected chi connectivity index (χ4v) is 0. The molecule has 20 nitrogen and oxygen atoms in total. The van der Waals surface area contributed by atoms with Gasteiger partial charge in [-0.3, -0.25) is 0 Å². The monoisotopic (exact) mass is 927 g/mol. The van der Waals surface area contributed by atoms with E-state index >= 15 is 0 Å². The summed E-state index contributed by atoms with van der Waals surface area (Å²) in [5, 5.41) is 0. The van der Waals surface area contributed by atoms with Crippen LogP contribution in [-0.4, -0.2) is 180 Å². The third-order valence-electron chi connectivity index (χ3n) is 0. The first-order chi connectivity index (χ1) is 10.0. The van der Waals surface area contributed by atoms with E-state index in [0.29, 0.717) is 0 Å². The topological polar surface area (TPSA) is 406 Å². The van der Waals surface area contributed by atoms with E-state index in [2.05, 4.69) is 0 Å². The Kier molecular flexibility index (Phi) is 79.2. The first-order valence-electron chi connectivity index (χ1n) is 3.81. The van der Waals surface area contributed by atoms with Crippen molar-refractivity contribution in [1.29, 1.82) is 0 Å². The van der Waals surface area contributed by atoms with Gasteiger partial charge < -0.3 is 82.5 Å². The molecule has 0 spiro atoms. The van der Waals surface area contributed by atoms with Crippen molar-refractivity contribution < 1.29 is 146 Å². The molecule has 0 aliphatic rings.